The Kier molecular flexibility index (Phi) is 5.55. The molecule has 0 bridgehead atoms. The van der Waals surface area contributed by atoms with Gasteiger partial charge >= 0.3 is 0 Å². The van der Waals surface area contributed by atoms with Crippen LogP contribution in [0.5, 0.6) is 0 Å². The molecule has 0 saturated heterocycles. The third-order valence-corrected chi connectivity index (χ3v) is 7.57. The van der Waals surface area contributed by atoms with Crippen LogP contribution in [0, 0.1) is 13.8 Å². The highest BCUT2D eigenvalue weighted by Gasteiger charge is 2.21. The lowest BCUT2D eigenvalue weighted by Gasteiger charge is -2.25. The molecule has 4 aromatic rings. The Balaban J connectivity index is 1.89. The fourth-order valence-electron chi connectivity index (χ4n) is 3.48. The number of para-hydroxylation sites is 1. The van der Waals surface area contributed by atoms with Gasteiger partial charge in [0.05, 0.1) is 0 Å². The molecular formula is C26H24NP. The lowest BCUT2D eigenvalue weighted by atomic mass is 10.1. The Bertz CT molecular complexity index is 1020. The van der Waals surface area contributed by atoms with E-state index in [1.807, 2.05) is 0 Å². The van der Waals surface area contributed by atoms with Crippen LogP contribution in [0.25, 0.3) is 0 Å². The minimum absolute atomic E-state index is 0.656. The molecule has 0 heterocycles. The number of hydrogen-bond donors (Lipinski definition) is 1. The topological polar surface area (TPSA) is 12.0 Å². The van der Waals surface area contributed by atoms with Crippen molar-refractivity contribution in [1.29, 1.82) is 0 Å². The van der Waals surface area contributed by atoms with Crippen LogP contribution in [0.1, 0.15) is 11.1 Å². The van der Waals surface area contributed by atoms with E-state index in [0.29, 0.717) is 0 Å². The number of anilines is 2. The van der Waals surface area contributed by atoms with Crippen LogP contribution in [-0.4, -0.2) is 0 Å². The van der Waals surface area contributed by atoms with Crippen LogP contribution in [-0.2, 0) is 0 Å². The summed E-state index contributed by atoms with van der Waals surface area (Å²) in [5, 5.41) is 7.84. The zero-order chi connectivity index (χ0) is 19.3. The minimum Gasteiger partial charge on any atom is -0.355 e. The average molecular weight is 381 g/mol. The Labute approximate surface area is 168 Å². The first-order valence-corrected chi connectivity index (χ1v) is 10.9. The third-order valence-electron chi connectivity index (χ3n) is 4.90. The van der Waals surface area contributed by atoms with E-state index >= 15 is 0 Å². The predicted octanol–water partition coefficient (Wildman–Crippen LogP) is 5.81. The summed E-state index contributed by atoms with van der Waals surface area (Å²) in [6.45, 7) is 4.37. The summed E-state index contributed by atoms with van der Waals surface area (Å²) >= 11 is 0. The van der Waals surface area contributed by atoms with Crippen LogP contribution in [0.4, 0.5) is 11.4 Å². The Hall–Kier alpha value is -2.89. The molecule has 4 aromatic carbocycles. The van der Waals surface area contributed by atoms with Gasteiger partial charge in [-0.15, -0.1) is 0 Å². The normalized spacial score (nSPS) is 10.8. The van der Waals surface area contributed by atoms with Gasteiger partial charge in [-0.1, -0.05) is 91.0 Å². The minimum atomic E-state index is -0.656. The van der Waals surface area contributed by atoms with Gasteiger partial charge in [0.2, 0.25) is 0 Å². The highest BCUT2D eigenvalue weighted by Crippen LogP contribution is 2.38. The fourth-order valence-corrected chi connectivity index (χ4v) is 6.03. The number of rotatable bonds is 5. The van der Waals surface area contributed by atoms with E-state index in [1.165, 1.54) is 32.7 Å². The molecule has 0 fully saturated rings. The maximum atomic E-state index is 3.72. The number of hydrogen-bond acceptors (Lipinski definition) is 1. The predicted molar refractivity (Wildman–Crippen MR) is 124 cm³/mol. The molecule has 0 aliphatic heterocycles. The van der Waals surface area contributed by atoms with E-state index in [9.17, 15) is 0 Å². The van der Waals surface area contributed by atoms with Crippen molar-refractivity contribution in [2.75, 3.05) is 5.32 Å². The van der Waals surface area contributed by atoms with Gasteiger partial charge < -0.3 is 5.32 Å². The largest absolute Gasteiger partial charge is 0.355 e. The van der Waals surface area contributed by atoms with E-state index in [2.05, 4.69) is 122 Å². The second-order valence-electron chi connectivity index (χ2n) is 6.92. The van der Waals surface area contributed by atoms with E-state index in [4.69, 9.17) is 0 Å². The van der Waals surface area contributed by atoms with Crippen molar-refractivity contribution in [1.82, 2.24) is 0 Å². The molecule has 4 rings (SSSR count). The standard InChI is InChI=1S/C26H24NP/c1-20-12-9-10-18-24(20)27-25-19-11-13-21(2)26(25)28(22-14-5-3-6-15-22)23-16-7-4-8-17-23/h3-19,27H,1-2H3. The second kappa shape index (κ2) is 8.42. The van der Waals surface area contributed by atoms with Gasteiger partial charge in [0.1, 0.15) is 0 Å². The number of nitrogens with one attached hydrogen (secondary N) is 1. The molecule has 0 spiro atoms. The van der Waals surface area contributed by atoms with Crippen LogP contribution in [0.3, 0.4) is 0 Å². The van der Waals surface area contributed by atoms with Crippen molar-refractivity contribution >= 4 is 35.2 Å². The lowest BCUT2D eigenvalue weighted by molar-refractivity contribution is 1.43. The van der Waals surface area contributed by atoms with Crippen molar-refractivity contribution in [2.45, 2.75) is 13.8 Å². The summed E-state index contributed by atoms with van der Waals surface area (Å²) in [7, 11) is -0.656. The molecule has 2 heteroatoms. The van der Waals surface area contributed by atoms with Gasteiger partial charge in [-0.3, -0.25) is 0 Å². The van der Waals surface area contributed by atoms with E-state index in [-0.39, 0.29) is 0 Å². The first-order chi connectivity index (χ1) is 13.7. The molecule has 0 aliphatic carbocycles. The van der Waals surface area contributed by atoms with Gasteiger partial charge in [0.25, 0.3) is 0 Å². The van der Waals surface area contributed by atoms with E-state index in [1.54, 1.807) is 0 Å². The molecule has 0 amide bonds. The molecule has 0 aliphatic rings. The summed E-state index contributed by atoms with van der Waals surface area (Å²) in [6, 6.07) is 36.8. The van der Waals surface area contributed by atoms with Gasteiger partial charge in [-0.2, -0.15) is 0 Å². The molecule has 1 N–H and O–H groups in total. The van der Waals surface area contributed by atoms with Crippen LogP contribution < -0.4 is 21.2 Å². The average Bonchev–Trinajstić information content (AvgIpc) is 2.73. The quantitative estimate of drug-likeness (QED) is 0.431. The van der Waals surface area contributed by atoms with E-state index in [0.717, 1.165) is 5.69 Å². The van der Waals surface area contributed by atoms with Crippen molar-refractivity contribution in [3.05, 3.63) is 114 Å². The van der Waals surface area contributed by atoms with Crippen molar-refractivity contribution in [2.24, 2.45) is 0 Å². The second-order valence-corrected chi connectivity index (χ2v) is 9.07. The molecule has 28 heavy (non-hydrogen) atoms. The fraction of sp³-hybridized carbons (Fsp3) is 0.0769. The van der Waals surface area contributed by atoms with Crippen LogP contribution in [0.15, 0.2) is 103 Å². The molecular weight excluding hydrogens is 357 g/mol. The highest BCUT2D eigenvalue weighted by molar-refractivity contribution is 7.80. The Morgan fingerprint density at radius 2 is 1.00 bits per heavy atom. The van der Waals surface area contributed by atoms with Gasteiger partial charge in [-0.25, -0.2) is 0 Å². The summed E-state index contributed by atoms with van der Waals surface area (Å²) < 4.78 is 0. The first kappa shape index (κ1) is 18.5. The first-order valence-electron chi connectivity index (χ1n) is 9.56. The molecule has 0 unspecified atom stereocenters. The molecule has 0 aromatic heterocycles. The van der Waals surface area contributed by atoms with Crippen molar-refractivity contribution in [3.63, 3.8) is 0 Å². The molecule has 138 valence electrons. The van der Waals surface area contributed by atoms with Gasteiger partial charge in [0, 0.05) is 16.7 Å². The van der Waals surface area contributed by atoms with Crippen LogP contribution >= 0.6 is 7.92 Å². The summed E-state index contributed by atoms with van der Waals surface area (Å²) in [6.07, 6.45) is 0. The van der Waals surface area contributed by atoms with E-state index < -0.39 is 7.92 Å². The monoisotopic (exact) mass is 381 g/mol. The maximum absolute atomic E-state index is 3.72. The zero-order valence-corrected chi connectivity index (χ0v) is 17.2. The molecule has 1 nitrogen and oxygen atoms in total. The summed E-state index contributed by atoms with van der Waals surface area (Å²) in [5.41, 5.74) is 4.91. The molecule has 0 atom stereocenters. The van der Waals surface area contributed by atoms with Crippen molar-refractivity contribution in [3.8, 4) is 0 Å². The maximum Gasteiger partial charge on any atom is 0.0471 e. The lowest BCUT2D eigenvalue weighted by Crippen LogP contribution is -2.24. The third kappa shape index (κ3) is 3.86. The van der Waals surface area contributed by atoms with Gasteiger partial charge in [-0.05, 0) is 55.6 Å². The Morgan fingerprint density at radius 1 is 0.500 bits per heavy atom. The smallest absolute Gasteiger partial charge is 0.0471 e. The number of benzene rings is 4. The number of aryl methyl sites for hydroxylation is 2. The van der Waals surface area contributed by atoms with Crippen molar-refractivity contribution < 1.29 is 0 Å². The molecule has 0 saturated carbocycles. The summed E-state index contributed by atoms with van der Waals surface area (Å²) in [5.74, 6) is 0. The SMILES string of the molecule is Cc1ccccc1Nc1cccc(C)c1P(c1ccccc1)c1ccccc1. The van der Waals surface area contributed by atoms with Crippen LogP contribution in [0.2, 0.25) is 0 Å². The Morgan fingerprint density at radius 3 is 1.61 bits per heavy atom. The highest BCUT2D eigenvalue weighted by atomic mass is 31.1. The summed E-state index contributed by atoms with van der Waals surface area (Å²) in [4.78, 5) is 0. The zero-order valence-electron chi connectivity index (χ0n) is 16.3. The van der Waals surface area contributed by atoms with Gasteiger partial charge in [0.15, 0.2) is 0 Å². The molecule has 0 radical (unpaired) electrons.